The molecule has 0 aliphatic rings. The first-order valence-corrected chi connectivity index (χ1v) is 4.89. The lowest BCUT2D eigenvalue weighted by Crippen LogP contribution is -2.37. The second-order valence-electron chi connectivity index (χ2n) is 3.40. The van der Waals surface area contributed by atoms with Crippen molar-refractivity contribution >= 4 is 11.9 Å². The minimum absolute atomic E-state index is 0.408. The Morgan fingerprint density at radius 2 is 2.21 bits per heavy atom. The number of amidine groups is 1. The number of nitrogens with one attached hydrogen (secondary N) is 1. The predicted octanol–water partition coefficient (Wildman–Crippen LogP) is 2.01. The number of hydrogen-bond donors (Lipinski definition) is 2. The number of methoxy groups -OCH3 is 1. The van der Waals surface area contributed by atoms with Gasteiger partial charge in [-0.15, -0.1) is 0 Å². The molecular formula is C10H10F3N3O3. The van der Waals surface area contributed by atoms with Crippen molar-refractivity contribution in [3.8, 4) is 0 Å². The number of carbonyl (C=O) groups is 1. The number of hydrogen-bond acceptors (Lipinski definition) is 4. The molecule has 0 aliphatic carbocycles. The van der Waals surface area contributed by atoms with E-state index in [2.05, 4.69) is 9.72 Å². The molecule has 9 heteroatoms. The summed E-state index contributed by atoms with van der Waals surface area (Å²) in [6.07, 6.45) is -5.25. The third-order valence-electron chi connectivity index (χ3n) is 2.09. The SMILES string of the molecule is COCN(C(=N)c1cc(C(F)(F)F)ccn1)C(=O)O. The smallest absolute Gasteiger partial charge is 0.416 e. The van der Waals surface area contributed by atoms with Crippen LogP contribution >= 0.6 is 0 Å². The lowest BCUT2D eigenvalue weighted by Gasteiger charge is -2.18. The highest BCUT2D eigenvalue weighted by Gasteiger charge is 2.31. The number of alkyl halides is 3. The largest absolute Gasteiger partial charge is 0.465 e. The summed E-state index contributed by atoms with van der Waals surface area (Å²) in [4.78, 5) is 14.8. The molecule has 1 rings (SSSR count). The summed E-state index contributed by atoms with van der Waals surface area (Å²) >= 11 is 0. The summed E-state index contributed by atoms with van der Waals surface area (Å²) in [6.45, 7) is -0.480. The van der Waals surface area contributed by atoms with Gasteiger partial charge in [0.15, 0.2) is 5.84 Å². The first-order valence-electron chi connectivity index (χ1n) is 4.89. The van der Waals surface area contributed by atoms with Crippen LogP contribution in [0.15, 0.2) is 18.3 Å². The topological polar surface area (TPSA) is 86.5 Å². The van der Waals surface area contributed by atoms with E-state index >= 15 is 0 Å². The Morgan fingerprint density at radius 1 is 1.58 bits per heavy atom. The van der Waals surface area contributed by atoms with Crippen LogP contribution in [-0.4, -0.2) is 40.8 Å². The fraction of sp³-hybridized carbons (Fsp3) is 0.300. The van der Waals surface area contributed by atoms with Gasteiger partial charge in [-0.1, -0.05) is 0 Å². The molecule has 1 heterocycles. The van der Waals surface area contributed by atoms with Crippen LogP contribution in [0.1, 0.15) is 11.3 Å². The minimum atomic E-state index is -4.59. The van der Waals surface area contributed by atoms with E-state index in [0.717, 1.165) is 12.3 Å². The van der Waals surface area contributed by atoms with E-state index in [0.29, 0.717) is 11.0 Å². The number of amides is 1. The Balaban J connectivity index is 3.08. The molecule has 0 spiro atoms. The van der Waals surface area contributed by atoms with Gasteiger partial charge in [-0.25, -0.2) is 9.69 Å². The number of rotatable bonds is 3. The third kappa shape index (κ3) is 3.65. The van der Waals surface area contributed by atoms with Crippen LogP contribution in [0.2, 0.25) is 0 Å². The maximum absolute atomic E-state index is 12.5. The zero-order valence-corrected chi connectivity index (χ0v) is 9.73. The highest BCUT2D eigenvalue weighted by atomic mass is 19.4. The van der Waals surface area contributed by atoms with Crippen molar-refractivity contribution < 1.29 is 27.8 Å². The summed E-state index contributed by atoms with van der Waals surface area (Å²) in [5.41, 5.74) is -1.42. The average molecular weight is 277 g/mol. The summed E-state index contributed by atoms with van der Waals surface area (Å²) in [6, 6.07) is 1.34. The number of halogens is 3. The van der Waals surface area contributed by atoms with Gasteiger partial charge in [0.25, 0.3) is 0 Å². The molecule has 1 aromatic heterocycles. The summed E-state index contributed by atoms with van der Waals surface area (Å²) in [5, 5.41) is 16.4. The van der Waals surface area contributed by atoms with Crippen molar-refractivity contribution in [2.24, 2.45) is 0 Å². The Morgan fingerprint density at radius 3 is 2.68 bits per heavy atom. The van der Waals surface area contributed by atoms with Gasteiger partial charge in [0, 0.05) is 13.3 Å². The van der Waals surface area contributed by atoms with Gasteiger partial charge in [-0.2, -0.15) is 13.2 Å². The number of ether oxygens (including phenoxy) is 1. The molecule has 0 saturated heterocycles. The first-order chi connectivity index (χ1) is 8.77. The molecule has 0 unspecified atom stereocenters. The molecule has 0 fully saturated rings. The van der Waals surface area contributed by atoms with E-state index in [4.69, 9.17) is 10.5 Å². The molecule has 0 radical (unpaired) electrons. The zero-order chi connectivity index (χ0) is 14.6. The van der Waals surface area contributed by atoms with Crippen molar-refractivity contribution in [2.75, 3.05) is 13.8 Å². The Labute approximate surface area is 105 Å². The highest BCUT2D eigenvalue weighted by Crippen LogP contribution is 2.29. The Hall–Kier alpha value is -2.16. The fourth-order valence-electron chi connectivity index (χ4n) is 1.22. The number of carboxylic acid groups (broad SMARTS) is 1. The Bertz CT molecular complexity index is 490. The van der Waals surface area contributed by atoms with E-state index in [1.165, 1.54) is 7.11 Å². The van der Waals surface area contributed by atoms with Crippen molar-refractivity contribution in [1.82, 2.24) is 9.88 Å². The first kappa shape index (κ1) is 14.9. The highest BCUT2D eigenvalue weighted by molar-refractivity contribution is 6.02. The molecule has 1 amide bonds. The van der Waals surface area contributed by atoms with Gasteiger partial charge in [0.2, 0.25) is 0 Å². The number of pyridine rings is 1. The Kier molecular flexibility index (Phi) is 4.43. The second kappa shape index (κ2) is 5.65. The van der Waals surface area contributed by atoms with Crippen molar-refractivity contribution in [1.29, 1.82) is 5.41 Å². The molecule has 0 saturated carbocycles. The van der Waals surface area contributed by atoms with E-state index in [-0.39, 0.29) is 0 Å². The lowest BCUT2D eigenvalue weighted by atomic mass is 10.2. The molecule has 6 nitrogen and oxygen atoms in total. The van der Waals surface area contributed by atoms with Crippen LogP contribution in [0, 0.1) is 5.41 Å². The maximum atomic E-state index is 12.5. The second-order valence-corrected chi connectivity index (χ2v) is 3.40. The van der Waals surface area contributed by atoms with Crippen molar-refractivity contribution in [3.63, 3.8) is 0 Å². The van der Waals surface area contributed by atoms with Gasteiger partial charge in [0.05, 0.1) is 5.56 Å². The summed E-state index contributed by atoms with van der Waals surface area (Å²) < 4.78 is 42.0. The molecule has 0 bridgehead atoms. The zero-order valence-electron chi connectivity index (χ0n) is 9.73. The van der Waals surface area contributed by atoms with Gasteiger partial charge in [-0.05, 0) is 12.1 Å². The number of nitrogens with zero attached hydrogens (tertiary/aromatic N) is 2. The molecule has 19 heavy (non-hydrogen) atoms. The van der Waals surface area contributed by atoms with E-state index in [1.807, 2.05) is 0 Å². The standard InChI is InChI=1S/C10H10F3N3O3/c1-19-5-16(9(17)18)8(14)7-4-6(2-3-15-7)10(11,12)13/h2-4,14H,5H2,1H3,(H,17,18). The normalized spacial score (nSPS) is 11.2. The van der Waals surface area contributed by atoms with E-state index < -0.39 is 36.1 Å². The van der Waals surface area contributed by atoms with Crippen LogP contribution < -0.4 is 0 Å². The van der Waals surface area contributed by atoms with E-state index in [1.54, 1.807) is 0 Å². The molecule has 0 aromatic carbocycles. The summed E-state index contributed by atoms with van der Waals surface area (Å²) in [5.74, 6) is -0.694. The molecular weight excluding hydrogens is 267 g/mol. The molecule has 0 atom stereocenters. The lowest BCUT2D eigenvalue weighted by molar-refractivity contribution is -0.137. The fourth-order valence-corrected chi connectivity index (χ4v) is 1.22. The van der Waals surface area contributed by atoms with Gasteiger partial charge < -0.3 is 9.84 Å². The quantitative estimate of drug-likeness (QED) is 0.502. The minimum Gasteiger partial charge on any atom is -0.465 e. The van der Waals surface area contributed by atoms with Gasteiger partial charge >= 0.3 is 12.3 Å². The summed E-state index contributed by atoms with van der Waals surface area (Å²) in [7, 11) is 1.20. The van der Waals surface area contributed by atoms with Crippen LogP contribution in [-0.2, 0) is 10.9 Å². The molecule has 1 aromatic rings. The average Bonchev–Trinajstić information content (AvgIpc) is 2.34. The monoisotopic (exact) mass is 277 g/mol. The maximum Gasteiger partial charge on any atom is 0.416 e. The molecule has 0 aliphatic heterocycles. The molecule has 104 valence electrons. The van der Waals surface area contributed by atoms with Crippen molar-refractivity contribution in [2.45, 2.75) is 6.18 Å². The van der Waals surface area contributed by atoms with Crippen LogP contribution in [0.5, 0.6) is 0 Å². The van der Waals surface area contributed by atoms with Crippen LogP contribution in [0.4, 0.5) is 18.0 Å². The number of aromatic nitrogens is 1. The third-order valence-corrected chi connectivity index (χ3v) is 2.09. The van der Waals surface area contributed by atoms with E-state index in [9.17, 15) is 18.0 Å². The van der Waals surface area contributed by atoms with Gasteiger partial charge in [-0.3, -0.25) is 10.4 Å². The van der Waals surface area contributed by atoms with Crippen LogP contribution in [0.25, 0.3) is 0 Å². The van der Waals surface area contributed by atoms with Crippen molar-refractivity contribution in [3.05, 3.63) is 29.6 Å². The van der Waals surface area contributed by atoms with Crippen LogP contribution in [0.3, 0.4) is 0 Å². The van der Waals surface area contributed by atoms with Gasteiger partial charge in [0.1, 0.15) is 12.4 Å². The molecule has 2 N–H and O–H groups in total. The predicted molar refractivity (Wildman–Crippen MR) is 57.8 cm³/mol.